The molecule has 0 aromatic carbocycles. The van der Waals surface area contributed by atoms with Crippen molar-refractivity contribution in [1.29, 1.82) is 0 Å². The van der Waals surface area contributed by atoms with Crippen LogP contribution < -0.4 is 0 Å². The van der Waals surface area contributed by atoms with Crippen LogP contribution in [0.1, 0.15) is 46.0 Å². The minimum Gasteiger partial charge on any atom is -0.373 e. The van der Waals surface area contributed by atoms with Crippen molar-refractivity contribution in [3.63, 3.8) is 0 Å². The summed E-state index contributed by atoms with van der Waals surface area (Å²) in [6, 6.07) is 0. The Morgan fingerprint density at radius 1 is 1.28 bits per heavy atom. The number of rotatable bonds is 10. The predicted octanol–water partition coefficient (Wildman–Crippen LogP) is 3.92. The van der Waals surface area contributed by atoms with E-state index >= 15 is 0 Å². The molecule has 1 atom stereocenters. The van der Waals surface area contributed by atoms with Crippen molar-refractivity contribution < 1.29 is 9.53 Å². The van der Waals surface area contributed by atoms with E-state index in [1.54, 1.807) is 0 Å². The number of ketones is 1. The molecule has 1 unspecified atom stereocenters. The van der Waals surface area contributed by atoms with Crippen LogP contribution >= 0.6 is 0 Å². The Kier molecular flexibility index (Phi) is 7.66. The first kappa shape index (κ1) is 15.2. The second-order valence-corrected chi connectivity index (χ2v) is 5.11. The topological polar surface area (TPSA) is 26.3 Å². The quantitative estimate of drug-likeness (QED) is 0.587. The number of unbranched alkanes of at least 4 members (excludes halogenated alkanes) is 1. The first-order chi connectivity index (χ1) is 8.76. The van der Waals surface area contributed by atoms with Crippen LogP contribution in [0.3, 0.4) is 0 Å². The second-order valence-electron chi connectivity index (χ2n) is 5.11. The van der Waals surface area contributed by atoms with E-state index in [2.05, 4.69) is 26.0 Å². The smallest absolute Gasteiger partial charge is 0.158 e. The summed E-state index contributed by atoms with van der Waals surface area (Å²) in [5.41, 5.74) is 0. The van der Waals surface area contributed by atoms with Crippen molar-refractivity contribution in [2.24, 2.45) is 11.8 Å². The Balaban J connectivity index is 2.11. The molecule has 1 aliphatic carbocycles. The first-order valence-electron chi connectivity index (χ1n) is 7.20. The standard InChI is InChI=1S/C16H26O2/c1-3-5-8-14(4-2)11-16(17)13-18-12-15-9-6-7-10-15/h6-7,9-10,14-15H,3-5,8,11-13H2,1-2H3. The SMILES string of the molecule is CCCCC(CC)CC(=O)COCC1C=CC=C1. The predicted molar refractivity (Wildman–Crippen MR) is 75.5 cm³/mol. The molecule has 0 aromatic heterocycles. The van der Waals surface area contributed by atoms with Gasteiger partial charge in [0, 0.05) is 12.3 Å². The maximum Gasteiger partial charge on any atom is 0.158 e. The van der Waals surface area contributed by atoms with Crippen LogP contribution in [-0.2, 0) is 9.53 Å². The highest BCUT2D eigenvalue weighted by Crippen LogP contribution is 2.17. The fraction of sp³-hybridized carbons (Fsp3) is 0.688. The number of Topliss-reactive ketones (excluding diaryl/α,β-unsaturated/α-hetero) is 1. The summed E-state index contributed by atoms with van der Waals surface area (Å²) in [6.45, 7) is 5.27. The largest absolute Gasteiger partial charge is 0.373 e. The van der Waals surface area contributed by atoms with Gasteiger partial charge in [0.1, 0.15) is 6.61 Å². The van der Waals surface area contributed by atoms with Gasteiger partial charge in [0.2, 0.25) is 0 Å². The highest BCUT2D eigenvalue weighted by Gasteiger charge is 2.12. The molecule has 2 nitrogen and oxygen atoms in total. The molecule has 0 N–H and O–H groups in total. The molecule has 102 valence electrons. The van der Waals surface area contributed by atoms with Gasteiger partial charge in [-0.05, 0) is 5.92 Å². The van der Waals surface area contributed by atoms with Crippen LogP contribution in [0, 0.1) is 11.8 Å². The summed E-state index contributed by atoms with van der Waals surface area (Å²) in [7, 11) is 0. The maximum atomic E-state index is 11.8. The van der Waals surface area contributed by atoms with Gasteiger partial charge in [-0.25, -0.2) is 0 Å². The van der Waals surface area contributed by atoms with Gasteiger partial charge in [-0.1, -0.05) is 63.8 Å². The van der Waals surface area contributed by atoms with Gasteiger partial charge in [-0.3, -0.25) is 4.79 Å². The van der Waals surface area contributed by atoms with Gasteiger partial charge in [-0.2, -0.15) is 0 Å². The number of allylic oxidation sites excluding steroid dienone is 2. The van der Waals surface area contributed by atoms with E-state index in [4.69, 9.17) is 4.74 Å². The number of ether oxygens (including phenoxy) is 1. The molecule has 0 bridgehead atoms. The number of hydrogen-bond acceptors (Lipinski definition) is 2. The van der Waals surface area contributed by atoms with Crippen molar-refractivity contribution in [1.82, 2.24) is 0 Å². The van der Waals surface area contributed by atoms with Gasteiger partial charge >= 0.3 is 0 Å². The van der Waals surface area contributed by atoms with E-state index in [9.17, 15) is 4.79 Å². The Morgan fingerprint density at radius 2 is 2.00 bits per heavy atom. The van der Waals surface area contributed by atoms with E-state index in [0.717, 1.165) is 6.42 Å². The summed E-state index contributed by atoms with van der Waals surface area (Å²) in [6.07, 6.45) is 13.6. The zero-order chi connectivity index (χ0) is 13.2. The molecule has 1 rings (SSSR count). The molecule has 0 saturated carbocycles. The molecular weight excluding hydrogens is 224 g/mol. The fourth-order valence-electron chi connectivity index (χ4n) is 2.22. The average molecular weight is 250 g/mol. The summed E-state index contributed by atoms with van der Waals surface area (Å²) < 4.78 is 5.48. The van der Waals surface area contributed by atoms with Crippen molar-refractivity contribution in [2.75, 3.05) is 13.2 Å². The lowest BCUT2D eigenvalue weighted by Crippen LogP contribution is -2.16. The van der Waals surface area contributed by atoms with E-state index in [1.165, 1.54) is 19.3 Å². The van der Waals surface area contributed by atoms with Crippen LogP contribution in [-0.4, -0.2) is 19.0 Å². The van der Waals surface area contributed by atoms with E-state index < -0.39 is 0 Å². The second kappa shape index (κ2) is 9.09. The van der Waals surface area contributed by atoms with Crippen LogP contribution in [0.15, 0.2) is 24.3 Å². The maximum absolute atomic E-state index is 11.8. The summed E-state index contributed by atoms with van der Waals surface area (Å²) >= 11 is 0. The number of carbonyl (C=O) groups is 1. The van der Waals surface area contributed by atoms with Crippen LogP contribution in [0.5, 0.6) is 0 Å². The normalized spacial score (nSPS) is 16.3. The molecule has 1 aliphatic rings. The van der Waals surface area contributed by atoms with Gasteiger partial charge < -0.3 is 4.74 Å². The van der Waals surface area contributed by atoms with Gasteiger partial charge in [-0.15, -0.1) is 0 Å². The summed E-state index contributed by atoms with van der Waals surface area (Å²) in [4.78, 5) is 11.8. The van der Waals surface area contributed by atoms with Crippen LogP contribution in [0.25, 0.3) is 0 Å². The Morgan fingerprint density at radius 3 is 2.61 bits per heavy atom. The molecule has 0 heterocycles. The molecule has 0 spiro atoms. The Bertz CT molecular complexity index is 279. The first-order valence-corrected chi connectivity index (χ1v) is 7.20. The summed E-state index contributed by atoms with van der Waals surface area (Å²) in [5.74, 6) is 1.16. The van der Waals surface area contributed by atoms with E-state index in [-0.39, 0.29) is 12.4 Å². The number of hydrogen-bond donors (Lipinski definition) is 0. The molecule has 0 radical (unpaired) electrons. The van der Waals surface area contributed by atoms with E-state index in [0.29, 0.717) is 24.9 Å². The minimum absolute atomic E-state index is 0.254. The third-order valence-corrected chi connectivity index (χ3v) is 3.46. The van der Waals surface area contributed by atoms with Gasteiger partial charge in [0.25, 0.3) is 0 Å². The molecule has 0 amide bonds. The third kappa shape index (κ3) is 6.15. The van der Waals surface area contributed by atoms with Gasteiger partial charge in [0.05, 0.1) is 6.61 Å². The molecule has 0 aromatic rings. The molecule has 2 heteroatoms. The highest BCUT2D eigenvalue weighted by atomic mass is 16.5. The highest BCUT2D eigenvalue weighted by molar-refractivity contribution is 5.79. The molecular formula is C16H26O2. The zero-order valence-electron chi connectivity index (χ0n) is 11.7. The van der Waals surface area contributed by atoms with Gasteiger partial charge in [0.15, 0.2) is 5.78 Å². The minimum atomic E-state index is 0.254. The fourth-order valence-corrected chi connectivity index (χ4v) is 2.22. The lowest BCUT2D eigenvalue weighted by atomic mass is 9.94. The molecule has 0 fully saturated rings. The van der Waals surface area contributed by atoms with Crippen molar-refractivity contribution in [2.45, 2.75) is 46.0 Å². The Hall–Kier alpha value is -0.890. The van der Waals surface area contributed by atoms with Crippen molar-refractivity contribution in [3.05, 3.63) is 24.3 Å². The lowest BCUT2D eigenvalue weighted by Gasteiger charge is -2.13. The average Bonchev–Trinajstić information content (AvgIpc) is 2.87. The van der Waals surface area contributed by atoms with E-state index in [1.807, 2.05) is 12.2 Å². The third-order valence-electron chi connectivity index (χ3n) is 3.46. The van der Waals surface area contributed by atoms with Crippen molar-refractivity contribution >= 4 is 5.78 Å². The Labute approximate surface area is 111 Å². The number of carbonyl (C=O) groups excluding carboxylic acids is 1. The molecule has 18 heavy (non-hydrogen) atoms. The van der Waals surface area contributed by atoms with Crippen LogP contribution in [0.2, 0.25) is 0 Å². The lowest BCUT2D eigenvalue weighted by molar-refractivity contribution is -0.124. The zero-order valence-corrected chi connectivity index (χ0v) is 11.7. The van der Waals surface area contributed by atoms with Crippen molar-refractivity contribution in [3.8, 4) is 0 Å². The molecule has 0 saturated heterocycles. The summed E-state index contributed by atoms with van der Waals surface area (Å²) in [5, 5.41) is 0. The monoisotopic (exact) mass is 250 g/mol. The molecule has 0 aliphatic heterocycles. The van der Waals surface area contributed by atoms with Crippen LogP contribution in [0.4, 0.5) is 0 Å².